The highest BCUT2D eigenvalue weighted by Crippen LogP contribution is 2.33. The number of carboxylic acids is 1. The highest BCUT2D eigenvalue weighted by atomic mass is 16.5. The third-order valence-corrected chi connectivity index (χ3v) is 7.07. The monoisotopic (exact) mass is 604 g/mol. The summed E-state index contributed by atoms with van der Waals surface area (Å²) in [6.45, 7) is 1.34. The zero-order valence-electron chi connectivity index (χ0n) is 24.5. The Morgan fingerprint density at radius 1 is 0.955 bits per heavy atom. The summed E-state index contributed by atoms with van der Waals surface area (Å²) in [4.78, 5) is 41.4. The van der Waals surface area contributed by atoms with Gasteiger partial charge < -0.3 is 45.5 Å². The Kier molecular flexibility index (Phi) is 10.5. The van der Waals surface area contributed by atoms with Gasteiger partial charge in [-0.2, -0.15) is 0 Å². The topological polar surface area (TPSA) is 180 Å². The van der Waals surface area contributed by atoms with Gasteiger partial charge in [0.2, 0.25) is 11.8 Å². The van der Waals surface area contributed by atoms with E-state index in [1.165, 1.54) is 0 Å². The minimum absolute atomic E-state index is 0.130. The first-order valence-corrected chi connectivity index (χ1v) is 13.9. The summed E-state index contributed by atoms with van der Waals surface area (Å²) in [6, 6.07) is 17.8. The van der Waals surface area contributed by atoms with Crippen molar-refractivity contribution in [3.63, 3.8) is 0 Å². The van der Waals surface area contributed by atoms with Gasteiger partial charge in [0.1, 0.15) is 29.1 Å². The molecule has 44 heavy (non-hydrogen) atoms. The summed E-state index contributed by atoms with van der Waals surface area (Å²) in [6.07, 6.45) is 0. The molecule has 0 saturated carbocycles. The van der Waals surface area contributed by atoms with Crippen LogP contribution in [0.25, 0.3) is 0 Å². The molecular weight excluding hydrogens is 568 g/mol. The molecule has 0 aliphatic carbocycles. The second-order valence-electron chi connectivity index (χ2n) is 9.95. The molecule has 0 aromatic heterocycles. The van der Waals surface area contributed by atoms with Gasteiger partial charge in [0.05, 0.1) is 26.5 Å². The fourth-order valence-electron chi connectivity index (χ4n) is 4.79. The van der Waals surface area contributed by atoms with Crippen LogP contribution in [0.2, 0.25) is 0 Å². The van der Waals surface area contributed by atoms with Crippen molar-refractivity contribution < 1.29 is 33.7 Å². The second-order valence-corrected chi connectivity index (χ2v) is 9.95. The van der Waals surface area contributed by atoms with Crippen molar-refractivity contribution in [1.29, 1.82) is 5.41 Å². The lowest BCUT2D eigenvalue weighted by molar-refractivity contribution is -0.139. The lowest BCUT2D eigenvalue weighted by Crippen LogP contribution is -2.51. The Morgan fingerprint density at radius 3 is 2.39 bits per heavy atom. The maximum Gasteiger partial charge on any atom is 0.341 e. The lowest BCUT2D eigenvalue weighted by atomic mass is 10.0. The standard InChI is InChI=1S/C31H36N6O7/c1-42-23-9-10-25(26(17-23)43-2)36-11-13-37(14-12-36)27(38)18-34-31(41)29(35-22-7-3-6-21(15-22)30(32)33)20-5-4-8-24(16-20)44-19-28(39)40/h3-10,15-17,29,35H,11-14,18-19H2,1-2H3,(H3,32,33)(H,34,41)(H,39,40). The van der Waals surface area contributed by atoms with Crippen LogP contribution in [0, 0.1) is 5.41 Å². The van der Waals surface area contributed by atoms with Crippen LogP contribution in [0.3, 0.4) is 0 Å². The van der Waals surface area contributed by atoms with E-state index in [4.69, 9.17) is 30.5 Å². The molecule has 1 saturated heterocycles. The van der Waals surface area contributed by atoms with Crippen molar-refractivity contribution in [2.24, 2.45) is 5.73 Å². The quantitative estimate of drug-likeness (QED) is 0.143. The molecule has 0 radical (unpaired) electrons. The SMILES string of the molecule is COc1ccc(N2CCN(C(=O)CNC(=O)C(Nc3cccc(C(=N)N)c3)c3cccc(OCC(=O)O)c3)CC2)c(OC)c1. The number of amidine groups is 1. The largest absolute Gasteiger partial charge is 0.497 e. The Hall–Kier alpha value is -5.46. The summed E-state index contributed by atoms with van der Waals surface area (Å²) >= 11 is 0. The fourth-order valence-corrected chi connectivity index (χ4v) is 4.79. The van der Waals surface area contributed by atoms with Crippen molar-refractivity contribution in [3.05, 3.63) is 77.9 Å². The number of methoxy groups -OCH3 is 2. The highest BCUT2D eigenvalue weighted by Gasteiger charge is 2.26. The van der Waals surface area contributed by atoms with Crippen LogP contribution in [0.1, 0.15) is 17.2 Å². The molecule has 3 aromatic carbocycles. The van der Waals surface area contributed by atoms with Gasteiger partial charge in [-0.05, 0) is 42.0 Å². The first-order valence-electron chi connectivity index (χ1n) is 13.9. The number of rotatable bonds is 13. The average molecular weight is 605 g/mol. The lowest BCUT2D eigenvalue weighted by Gasteiger charge is -2.36. The number of hydrogen-bond donors (Lipinski definition) is 5. The van der Waals surface area contributed by atoms with E-state index in [2.05, 4.69) is 15.5 Å². The Morgan fingerprint density at radius 2 is 1.70 bits per heavy atom. The maximum atomic E-state index is 13.5. The first-order chi connectivity index (χ1) is 21.2. The molecule has 232 valence electrons. The van der Waals surface area contributed by atoms with Gasteiger partial charge in [-0.15, -0.1) is 0 Å². The number of nitrogen functional groups attached to an aromatic ring is 1. The summed E-state index contributed by atoms with van der Waals surface area (Å²) in [5, 5.41) is 22.6. The normalized spacial score (nSPS) is 13.4. The van der Waals surface area contributed by atoms with E-state index in [0.717, 1.165) is 5.69 Å². The molecule has 2 amide bonds. The Balaban J connectivity index is 1.43. The minimum atomic E-state index is -1.13. The number of nitrogens with one attached hydrogen (secondary N) is 3. The fraction of sp³-hybridized carbons (Fsp3) is 0.290. The maximum absolute atomic E-state index is 13.5. The molecule has 1 heterocycles. The van der Waals surface area contributed by atoms with Crippen molar-refractivity contribution >= 4 is 35.0 Å². The Labute approximate surface area is 255 Å². The summed E-state index contributed by atoms with van der Waals surface area (Å²) < 4.78 is 16.1. The third-order valence-electron chi connectivity index (χ3n) is 7.07. The van der Waals surface area contributed by atoms with E-state index < -0.39 is 24.5 Å². The molecule has 1 fully saturated rings. The number of nitrogens with two attached hydrogens (primary N) is 1. The third kappa shape index (κ3) is 8.09. The van der Waals surface area contributed by atoms with E-state index >= 15 is 0 Å². The van der Waals surface area contributed by atoms with Gasteiger partial charge in [0.15, 0.2) is 6.61 Å². The molecule has 0 bridgehead atoms. The predicted molar refractivity (Wildman–Crippen MR) is 165 cm³/mol. The molecule has 13 heteroatoms. The van der Waals surface area contributed by atoms with E-state index in [9.17, 15) is 14.4 Å². The van der Waals surface area contributed by atoms with Gasteiger partial charge in [-0.25, -0.2) is 4.79 Å². The minimum Gasteiger partial charge on any atom is -0.497 e. The summed E-state index contributed by atoms with van der Waals surface area (Å²) in [5.41, 5.74) is 8.01. The van der Waals surface area contributed by atoms with Gasteiger partial charge in [0, 0.05) is 43.5 Å². The van der Waals surface area contributed by atoms with Gasteiger partial charge >= 0.3 is 5.97 Å². The first kappa shape index (κ1) is 31.5. The Bertz CT molecular complexity index is 1510. The van der Waals surface area contributed by atoms with Crippen molar-refractivity contribution in [2.75, 3.05) is 63.8 Å². The van der Waals surface area contributed by atoms with E-state index in [-0.39, 0.29) is 24.0 Å². The van der Waals surface area contributed by atoms with E-state index in [1.54, 1.807) is 67.7 Å². The average Bonchev–Trinajstić information content (AvgIpc) is 3.05. The smallest absolute Gasteiger partial charge is 0.341 e. The van der Waals surface area contributed by atoms with Gasteiger partial charge in [0.25, 0.3) is 0 Å². The van der Waals surface area contributed by atoms with Crippen LogP contribution in [0.4, 0.5) is 11.4 Å². The second kappa shape index (κ2) is 14.6. The van der Waals surface area contributed by atoms with Crippen LogP contribution in [0.15, 0.2) is 66.7 Å². The van der Waals surface area contributed by atoms with Crippen LogP contribution in [-0.2, 0) is 14.4 Å². The van der Waals surface area contributed by atoms with Crippen LogP contribution >= 0.6 is 0 Å². The summed E-state index contributed by atoms with van der Waals surface area (Å²) in [7, 11) is 3.19. The van der Waals surface area contributed by atoms with Crippen LogP contribution in [-0.4, -0.2) is 87.2 Å². The number of anilines is 2. The molecule has 4 rings (SSSR count). The molecule has 1 unspecified atom stereocenters. The number of nitrogens with zero attached hydrogens (tertiary/aromatic N) is 2. The zero-order chi connectivity index (χ0) is 31.6. The molecule has 6 N–H and O–H groups in total. The summed E-state index contributed by atoms with van der Waals surface area (Å²) in [5.74, 6) is -0.333. The molecule has 3 aromatic rings. The van der Waals surface area contributed by atoms with Gasteiger partial charge in [-0.1, -0.05) is 24.3 Å². The molecular formula is C31H36N6O7. The zero-order valence-corrected chi connectivity index (χ0v) is 24.5. The highest BCUT2D eigenvalue weighted by molar-refractivity contribution is 5.96. The van der Waals surface area contributed by atoms with E-state index in [0.29, 0.717) is 54.5 Å². The van der Waals surface area contributed by atoms with Crippen molar-refractivity contribution in [2.45, 2.75) is 6.04 Å². The number of benzene rings is 3. The number of piperazine rings is 1. The van der Waals surface area contributed by atoms with Crippen LogP contribution in [0.5, 0.6) is 17.2 Å². The van der Waals surface area contributed by atoms with Crippen LogP contribution < -0.4 is 35.5 Å². The predicted octanol–water partition coefficient (Wildman–Crippen LogP) is 2.07. The number of carbonyl (C=O) groups is 3. The molecule has 13 nitrogen and oxygen atoms in total. The van der Waals surface area contributed by atoms with Crippen molar-refractivity contribution in [1.82, 2.24) is 10.2 Å². The number of carboxylic acid groups (broad SMARTS) is 1. The number of ether oxygens (including phenoxy) is 3. The van der Waals surface area contributed by atoms with Gasteiger partial charge in [-0.3, -0.25) is 15.0 Å². The number of amides is 2. The van der Waals surface area contributed by atoms with Crippen molar-refractivity contribution in [3.8, 4) is 17.2 Å². The molecule has 1 aliphatic heterocycles. The van der Waals surface area contributed by atoms with E-state index in [1.807, 2.05) is 18.2 Å². The molecule has 1 aliphatic rings. The number of carbonyl (C=O) groups excluding carboxylic acids is 2. The molecule has 0 spiro atoms. The molecule has 1 atom stereocenters. The number of aliphatic carboxylic acids is 1. The number of hydrogen-bond acceptors (Lipinski definition) is 9.